The van der Waals surface area contributed by atoms with Crippen LogP contribution in [0.1, 0.15) is 18.3 Å². The second-order valence-electron chi connectivity index (χ2n) is 6.79. The van der Waals surface area contributed by atoms with Crippen LogP contribution in [0.25, 0.3) is 28.2 Å². The van der Waals surface area contributed by atoms with Crippen molar-refractivity contribution in [2.75, 3.05) is 19.7 Å². The van der Waals surface area contributed by atoms with Gasteiger partial charge >= 0.3 is 12.1 Å². The first-order chi connectivity index (χ1) is 15.1. The van der Waals surface area contributed by atoms with Crippen molar-refractivity contribution in [2.24, 2.45) is 7.05 Å². The Bertz CT molecular complexity index is 1160. The van der Waals surface area contributed by atoms with Crippen molar-refractivity contribution in [1.82, 2.24) is 29.2 Å². The van der Waals surface area contributed by atoms with Gasteiger partial charge in [0.1, 0.15) is 6.61 Å². The van der Waals surface area contributed by atoms with Crippen LogP contribution in [-0.4, -0.2) is 61.0 Å². The first-order valence-corrected chi connectivity index (χ1v) is 13.6. The molecule has 1 unspecified atom stereocenters. The summed E-state index contributed by atoms with van der Waals surface area (Å²) in [5.74, 6) is -1.53. The molecular formula is C19H21F3IN6O2P. The molecule has 172 valence electrons. The van der Waals surface area contributed by atoms with Gasteiger partial charge in [-0.1, -0.05) is 6.58 Å². The fourth-order valence-electron chi connectivity index (χ4n) is 3.32. The molecule has 0 aliphatic rings. The number of aromatic nitrogens is 5. The highest BCUT2D eigenvalue weighted by atomic mass is 127. The molecule has 8 nitrogen and oxygen atoms in total. The largest absolute Gasteiger partial charge is 0.475 e. The zero-order valence-electron chi connectivity index (χ0n) is 17.6. The van der Waals surface area contributed by atoms with Crippen LogP contribution in [-0.2, 0) is 11.8 Å². The molecule has 32 heavy (non-hydrogen) atoms. The van der Waals surface area contributed by atoms with Crippen LogP contribution in [0.2, 0.25) is 0 Å². The first-order valence-electron chi connectivity index (χ1n) is 9.53. The minimum absolute atomic E-state index is 0.0804. The molecule has 3 rings (SSSR count). The van der Waals surface area contributed by atoms with Crippen LogP contribution in [0.3, 0.4) is 0 Å². The van der Waals surface area contributed by atoms with Crippen molar-refractivity contribution in [3.63, 3.8) is 0 Å². The number of nitrogens with zero attached hydrogens (tertiary/aromatic N) is 6. The van der Waals surface area contributed by atoms with E-state index < -0.39 is 12.1 Å². The lowest BCUT2D eigenvalue weighted by Gasteiger charge is -2.22. The van der Waals surface area contributed by atoms with Gasteiger partial charge in [-0.2, -0.15) is 23.4 Å². The van der Waals surface area contributed by atoms with E-state index in [-0.39, 0.29) is 19.7 Å². The molecule has 0 spiro atoms. The number of hydrogen-bond donors (Lipinski definition) is 0. The number of fused-ring (bicyclic) bond motifs is 1. The van der Waals surface area contributed by atoms with Gasteiger partial charge in [-0.3, -0.25) is 9.78 Å². The third-order valence-electron chi connectivity index (χ3n) is 4.81. The molecule has 0 saturated heterocycles. The molecule has 3 aromatic rings. The summed E-state index contributed by atoms with van der Waals surface area (Å²) in [6, 6.07) is 1.87. The second kappa shape index (κ2) is 9.74. The monoisotopic (exact) mass is 580 g/mol. The quantitative estimate of drug-likeness (QED) is 0.293. The number of halogens is 4. The predicted molar refractivity (Wildman–Crippen MR) is 126 cm³/mol. The Balaban J connectivity index is 1.90. The molecule has 13 heteroatoms. The van der Waals surface area contributed by atoms with E-state index in [2.05, 4.69) is 43.8 Å². The number of hydrogen-bond acceptors (Lipinski definition) is 5. The molecule has 0 saturated carbocycles. The number of aryl methyl sites for hydroxylation is 2. The average Bonchev–Trinajstić information content (AvgIpc) is 3.25. The molecule has 0 aromatic carbocycles. The van der Waals surface area contributed by atoms with Gasteiger partial charge < -0.3 is 9.64 Å². The summed E-state index contributed by atoms with van der Waals surface area (Å²) in [6.45, 7) is 6.67. The number of ether oxygens (including phenoxy) is 1. The van der Waals surface area contributed by atoms with E-state index in [1.807, 2.05) is 10.5 Å². The van der Waals surface area contributed by atoms with E-state index in [1.165, 1.54) is 11.6 Å². The fourth-order valence-corrected chi connectivity index (χ4v) is 4.84. The van der Waals surface area contributed by atoms with E-state index in [4.69, 9.17) is 4.74 Å². The molecule has 3 aromatic heterocycles. The summed E-state index contributed by atoms with van der Waals surface area (Å²) >= 11 is 2.23. The lowest BCUT2D eigenvalue weighted by atomic mass is 10.1. The van der Waals surface area contributed by atoms with Gasteiger partial charge in [-0.15, -0.1) is 0 Å². The maximum Gasteiger partial charge on any atom is 0.471 e. The Hall–Kier alpha value is -2.21. The molecule has 1 amide bonds. The Morgan fingerprint density at radius 3 is 2.72 bits per heavy atom. The molecule has 0 aliphatic heterocycles. The fraction of sp³-hybridized carbons (Fsp3) is 0.368. The number of pyridine rings is 1. The van der Waals surface area contributed by atoms with E-state index in [9.17, 15) is 18.0 Å². The second-order valence-corrected chi connectivity index (χ2v) is 8.83. The Kier molecular flexibility index (Phi) is 7.43. The van der Waals surface area contributed by atoms with Crippen molar-refractivity contribution < 1.29 is 22.7 Å². The van der Waals surface area contributed by atoms with E-state index >= 15 is 0 Å². The van der Waals surface area contributed by atoms with E-state index in [0.717, 1.165) is 16.6 Å². The van der Waals surface area contributed by atoms with Gasteiger partial charge in [0, 0.05) is 19.0 Å². The number of amides is 1. The molecule has 0 aliphatic carbocycles. The van der Waals surface area contributed by atoms with E-state index in [0.29, 0.717) is 34.1 Å². The van der Waals surface area contributed by atoms with Crippen LogP contribution < -0.4 is 4.74 Å². The third kappa shape index (κ3) is 4.75. The summed E-state index contributed by atoms with van der Waals surface area (Å²) in [4.78, 5) is 16.8. The molecule has 0 radical (unpaired) electrons. The zero-order chi connectivity index (χ0) is 23.6. The number of likely N-dealkylation sites (N-methyl/N-ethyl adjacent to an activating group) is 1. The summed E-state index contributed by atoms with van der Waals surface area (Å²) < 4.78 is 47.3. The molecule has 3 heterocycles. The summed E-state index contributed by atoms with van der Waals surface area (Å²) in [7, 11) is 1.67. The van der Waals surface area contributed by atoms with Crippen molar-refractivity contribution in [3.05, 3.63) is 30.2 Å². The van der Waals surface area contributed by atoms with Crippen molar-refractivity contribution in [3.8, 4) is 17.1 Å². The smallest absolute Gasteiger partial charge is 0.471 e. The summed E-state index contributed by atoms with van der Waals surface area (Å²) in [5.41, 5.74) is 3.46. The van der Waals surface area contributed by atoms with Crippen LogP contribution in [0.5, 0.6) is 5.88 Å². The Morgan fingerprint density at radius 1 is 1.41 bits per heavy atom. The highest BCUT2D eigenvalue weighted by molar-refractivity contribution is 14.2. The Morgan fingerprint density at radius 2 is 2.12 bits per heavy atom. The first kappa shape index (κ1) is 24.4. The van der Waals surface area contributed by atoms with Crippen molar-refractivity contribution in [1.29, 1.82) is 0 Å². The standard InChI is InChI=1S/C19H21F3IN6O2P/c1-5-13-12-9-14(24-10-15(12)29(26-13)32-23)16-11(3)25-27(4)17(16)31-8-7-28(6-2)18(30)19(20,21)22/h5,9-10,32H,1,6-8H2,2-4H3. The normalized spacial score (nSPS) is 12.1. The van der Waals surface area contributed by atoms with Gasteiger partial charge in [0.2, 0.25) is 5.88 Å². The van der Waals surface area contributed by atoms with Gasteiger partial charge in [0.15, 0.2) is 0 Å². The molecule has 0 fully saturated rings. The highest BCUT2D eigenvalue weighted by Crippen LogP contribution is 2.36. The van der Waals surface area contributed by atoms with Gasteiger partial charge in [0.25, 0.3) is 0 Å². The summed E-state index contributed by atoms with van der Waals surface area (Å²) in [6.07, 6.45) is -1.14. The van der Waals surface area contributed by atoms with Crippen LogP contribution in [0, 0.1) is 6.92 Å². The van der Waals surface area contributed by atoms with Crippen LogP contribution in [0.4, 0.5) is 13.2 Å². The molecule has 1 atom stereocenters. The van der Waals surface area contributed by atoms with Crippen LogP contribution >= 0.6 is 28.4 Å². The number of alkyl halides is 3. The molecule has 0 bridgehead atoms. The predicted octanol–water partition coefficient (Wildman–Crippen LogP) is 4.36. The average molecular weight is 580 g/mol. The lowest BCUT2D eigenvalue weighted by molar-refractivity contribution is -0.185. The number of carbonyl (C=O) groups excluding carboxylic acids is 1. The SMILES string of the molecule is C=Cc1nn(PI)c2cnc(-c3c(C)nn(C)c3OCCN(CC)C(=O)C(F)(F)F)cc12. The van der Waals surface area contributed by atoms with E-state index in [1.54, 1.807) is 26.2 Å². The van der Waals surface area contributed by atoms with Crippen molar-refractivity contribution in [2.45, 2.75) is 20.0 Å². The highest BCUT2D eigenvalue weighted by Gasteiger charge is 2.41. The van der Waals surface area contributed by atoms with Crippen LogP contribution in [0.15, 0.2) is 18.8 Å². The van der Waals surface area contributed by atoms with Gasteiger partial charge in [0.05, 0.1) is 47.3 Å². The zero-order valence-corrected chi connectivity index (χ0v) is 20.7. The summed E-state index contributed by atoms with van der Waals surface area (Å²) in [5, 5.41) is 9.75. The van der Waals surface area contributed by atoms with Gasteiger partial charge in [-0.25, -0.2) is 9.13 Å². The topological polar surface area (TPSA) is 78.1 Å². The maximum atomic E-state index is 12.7. The number of carbonyl (C=O) groups is 1. The van der Waals surface area contributed by atoms with Crippen molar-refractivity contribution >= 4 is 51.3 Å². The molecule has 0 N–H and O–H groups in total. The minimum atomic E-state index is -4.92. The lowest BCUT2D eigenvalue weighted by Crippen LogP contribution is -2.43. The maximum absolute atomic E-state index is 12.7. The number of rotatable bonds is 8. The minimum Gasteiger partial charge on any atom is -0.475 e. The third-order valence-corrected chi connectivity index (χ3v) is 6.68. The van der Waals surface area contributed by atoms with Gasteiger partial charge in [-0.05, 0) is 48.0 Å². The molecular weight excluding hydrogens is 559 g/mol. The Labute approximate surface area is 197 Å².